The molecule has 0 bridgehead atoms. The van der Waals surface area contributed by atoms with E-state index in [0.29, 0.717) is 10.2 Å². The van der Waals surface area contributed by atoms with Crippen LogP contribution < -0.4 is 0 Å². The molecular weight excluding hydrogens is 298 g/mol. The Hall–Kier alpha value is -1.26. The van der Waals surface area contributed by atoms with E-state index in [1.807, 2.05) is 36.5 Å². The summed E-state index contributed by atoms with van der Waals surface area (Å²) < 4.78 is 3.39. The van der Waals surface area contributed by atoms with Crippen molar-refractivity contribution < 1.29 is 4.79 Å². The van der Waals surface area contributed by atoms with Crippen LogP contribution in [0.5, 0.6) is 0 Å². The maximum absolute atomic E-state index is 12.0. The Morgan fingerprint density at radius 1 is 1.18 bits per heavy atom. The Kier molecular flexibility index (Phi) is 3.86. The van der Waals surface area contributed by atoms with Gasteiger partial charge in [0.1, 0.15) is 4.64 Å². The van der Waals surface area contributed by atoms with Crippen LogP contribution in [0.25, 0.3) is 0 Å². The van der Waals surface area contributed by atoms with Gasteiger partial charge in [-0.05, 0) is 24.3 Å². The van der Waals surface area contributed by atoms with E-state index in [9.17, 15) is 4.79 Å². The molecule has 1 aromatic heterocycles. The summed E-state index contributed by atoms with van der Waals surface area (Å²) in [5.74, 6) is 0.0554. The molecule has 0 spiro atoms. The van der Waals surface area contributed by atoms with E-state index in [1.54, 1.807) is 16.7 Å². The van der Waals surface area contributed by atoms with E-state index in [-0.39, 0.29) is 12.3 Å². The van der Waals surface area contributed by atoms with Crippen LogP contribution in [0.15, 0.2) is 53.1 Å². The highest BCUT2D eigenvalue weighted by Crippen LogP contribution is 2.11. The Morgan fingerprint density at radius 3 is 2.53 bits per heavy atom. The number of carbonyl (C=O) groups excluding carboxylic acids is 1. The average Bonchev–Trinajstić information content (AvgIpc) is 2.33. The minimum atomic E-state index is 0.0554. The van der Waals surface area contributed by atoms with E-state index in [0.717, 1.165) is 4.47 Å². The van der Waals surface area contributed by atoms with Crippen LogP contribution in [-0.4, -0.2) is 10.4 Å². The third-order valence-corrected chi connectivity index (χ3v) is 3.28. The van der Waals surface area contributed by atoms with Crippen molar-refractivity contribution in [1.82, 2.24) is 4.57 Å². The molecule has 0 N–H and O–H groups in total. The predicted octanol–water partition coefficient (Wildman–Crippen LogP) is 3.86. The van der Waals surface area contributed by atoms with Crippen molar-refractivity contribution in [2.24, 2.45) is 0 Å². The SMILES string of the molecule is O=C(Cn1ccccc1=S)c1ccc(Br)cc1. The molecule has 1 aromatic carbocycles. The second-order valence-corrected chi connectivity index (χ2v) is 4.93. The van der Waals surface area contributed by atoms with Crippen LogP contribution in [-0.2, 0) is 6.54 Å². The molecular formula is C13H10BrNOS. The van der Waals surface area contributed by atoms with Gasteiger partial charge in [-0.3, -0.25) is 4.79 Å². The van der Waals surface area contributed by atoms with Crippen molar-refractivity contribution in [1.29, 1.82) is 0 Å². The first-order chi connectivity index (χ1) is 8.16. The van der Waals surface area contributed by atoms with Crippen LogP contribution in [0, 0.1) is 4.64 Å². The molecule has 0 aliphatic heterocycles. The number of Topliss-reactive ketones (excluding diaryl/α,β-unsaturated/α-hetero) is 1. The maximum atomic E-state index is 12.0. The second kappa shape index (κ2) is 5.38. The second-order valence-electron chi connectivity index (χ2n) is 3.60. The zero-order chi connectivity index (χ0) is 12.3. The van der Waals surface area contributed by atoms with Crippen molar-refractivity contribution in [2.75, 3.05) is 0 Å². The van der Waals surface area contributed by atoms with Gasteiger partial charge in [-0.25, -0.2) is 0 Å². The van der Waals surface area contributed by atoms with Crippen LogP contribution in [0.4, 0.5) is 0 Å². The minimum Gasteiger partial charge on any atom is -0.331 e. The Labute approximate surface area is 113 Å². The summed E-state index contributed by atoms with van der Waals surface area (Å²) >= 11 is 8.48. The molecule has 0 radical (unpaired) electrons. The summed E-state index contributed by atoms with van der Waals surface area (Å²) in [6.45, 7) is 0.279. The summed E-state index contributed by atoms with van der Waals surface area (Å²) in [4.78, 5) is 12.0. The fourth-order valence-electron chi connectivity index (χ4n) is 1.47. The highest BCUT2D eigenvalue weighted by Gasteiger charge is 2.06. The lowest BCUT2D eigenvalue weighted by atomic mass is 10.1. The molecule has 0 atom stereocenters. The van der Waals surface area contributed by atoms with Crippen molar-refractivity contribution in [2.45, 2.75) is 6.54 Å². The Morgan fingerprint density at radius 2 is 1.88 bits per heavy atom. The van der Waals surface area contributed by atoms with Gasteiger partial charge in [0.05, 0.1) is 6.54 Å². The monoisotopic (exact) mass is 307 g/mol. The van der Waals surface area contributed by atoms with Crippen molar-refractivity contribution in [3.8, 4) is 0 Å². The molecule has 0 saturated carbocycles. The lowest BCUT2D eigenvalue weighted by Crippen LogP contribution is -2.10. The molecule has 0 aliphatic rings. The molecule has 2 nitrogen and oxygen atoms in total. The van der Waals surface area contributed by atoms with Crippen LogP contribution in [0.3, 0.4) is 0 Å². The number of rotatable bonds is 3. The molecule has 0 fully saturated rings. The zero-order valence-corrected chi connectivity index (χ0v) is 11.4. The molecule has 1 heterocycles. The lowest BCUT2D eigenvalue weighted by molar-refractivity contribution is 0.0971. The summed E-state index contributed by atoms with van der Waals surface area (Å²) in [7, 11) is 0. The van der Waals surface area contributed by atoms with Gasteiger partial charge in [0.2, 0.25) is 0 Å². The molecule has 0 saturated heterocycles. The van der Waals surface area contributed by atoms with E-state index in [4.69, 9.17) is 12.2 Å². The van der Waals surface area contributed by atoms with Crippen molar-refractivity contribution >= 4 is 33.9 Å². The molecule has 86 valence electrons. The Balaban J connectivity index is 2.20. The Bertz CT molecular complexity index is 589. The topological polar surface area (TPSA) is 22.0 Å². The predicted molar refractivity (Wildman–Crippen MR) is 73.7 cm³/mol. The smallest absolute Gasteiger partial charge is 0.182 e. The fourth-order valence-corrected chi connectivity index (χ4v) is 1.94. The highest BCUT2D eigenvalue weighted by molar-refractivity contribution is 9.10. The average molecular weight is 308 g/mol. The van der Waals surface area contributed by atoms with E-state index >= 15 is 0 Å². The number of ketones is 1. The summed E-state index contributed by atoms with van der Waals surface area (Å²) in [6.07, 6.45) is 1.82. The maximum Gasteiger partial charge on any atom is 0.182 e. The quantitative estimate of drug-likeness (QED) is 0.634. The van der Waals surface area contributed by atoms with Gasteiger partial charge in [0.15, 0.2) is 5.78 Å². The standard InChI is InChI=1S/C13H10BrNOS/c14-11-6-4-10(5-7-11)12(16)9-15-8-2-1-3-13(15)17/h1-8H,9H2. The first kappa shape index (κ1) is 12.2. The van der Waals surface area contributed by atoms with Gasteiger partial charge in [-0.1, -0.05) is 46.3 Å². The number of hydrogen-bond donors (Lipinski definition) is 0. The van der Waals surface area contributed by atoms with Crippen LogP contribution in [0.2, 0.25) is 0 Å². The molecule has 4 heteroatoms. The number of nitrogens with zero attached hydrogens (tertiary/aromatic N) is 1. The number of benzene rings is 1. The summed E-state index contributed by atoms with van der Waals surface area (Å²) in [5, 5.41) is 0. The van der Waals surface area contributed by atoms with E-state index in [2.05, 4.69) is 15.9 Å². The minimum absolute atomic E-state index is 0.0554. The molecule has 17 heavy (non-hydrogen) atoms. The van der Waals surface area contributed by atoms with Gasteiger partial charge >= 0.3 is 0 Å². The van der Waals surface area contributed by atoms with E-state index in [1.165, 1.54) is 0 Å². The van der Waals surface area contributed by atoms with Crippen LogP contribution >= 0.6 is 28.1 Å². The van der Waals surface area contributed by atoms with Gasteiger partial charge < -0.3 is 4.57 Å². The van der Waals surface area contributed by atoms with Gasteiger partial charge in [0.25, 0.3) is 0 Å². The number of hydrogen-bond acceptors (Lipinski definition) is 2. The lowest BCUT2D eigenvalue weighted by Gasteiger charge is -2.05. The fraction of sp³-hybridized carbons (Fsp3) is 0.0769. The number of carbonyl (C=O) groups is 1. The first-order valence-corrected chi connectivity index (χ1v) is 6.31. The number of halogens is 1. The number of aromatic nitrogens is 1. The van der Waals surface area contributed by atoms with Crippen molar-refractivity contribution in [3.05, 3.63) is 63.3 Å². The van der Waals surface area contributed by atoms with Gasteiger partial charge in [0, 0.05) is 16.2 Å². The number of pyridine rings is 1. The molecule has 0 unspecified atom stereocenters. The van der Waals surface area contributed by atoms with Gasteiger partial charge in [-0.15, -0.1) is 0 Å². The van der Waals surface area contributed by atoms with Crippen molar-refractivity contribution in [3.63, 3.8) is 0 Å². The normalized spacial score (nSPS) is 10.2. The zero-order valence-electron chi connectivity index (χ0n) is 8.97. The molecule has 0 aliphatic carbocycles. The van der Waals surface area contributed by atoms with E-state index < -0.39 is 0 Å². The van der Waals surface area contributed by atoms with Gasteiger partial charge in [-0.2, -0.15) is 0 Å². The summed E-state index contributed by atoms with van der Waals surface area (Å²) in [6, 6.07) is 12.9. The highest BCUT2D eigenvalue weighted by atomic mass is 79.9. The first-order valence-electron chi connectivity index (χ1n) is 5.11. The third-order valence-electron chi connectivity index (χ3n) is 2.38. The molecule has 2 aromatic rings. The third kappa shape index (κ3) is 3.11. The molecule has 2 rings (SSSR count). The molecule has 0 amide bonds. The summed E-state index contributed by atoms with van der Waals surface area (Å²) in [5.41, 5.74) is 0.693. The van der Waals surface area contributed by atoms with Crippen LogP contribution in [0.1, 0.15) is 10.4 Å². The largest absolute Gasteiger partial charge is 0.331 e.